The molecule has 1 nitrogen and oxygen atoms in total. The Morgan fingerprint density at radius 3 is 2.83 bits per heavy atom. The molecule has 0 N–H and O–H groups in total. The molecule has 1 radical (unpaired) electrons. The van der Waals surface area contributed by atoms with Crippen LogP contribution in [-0.4, -0.2) is 7.11 Å². The molecule has 12 heavy (non-hydrogen) atoms. The number of halogens is 1. The van der Waals surface area contributed by atoms with Crippen molar-refractivity contribution in [1.82, 2.24) is 0 Å². The normalized spacial score (nSPS) is 8.83. The minimum atomic E-state index is -0.322. The van der Waals surface area contributed by atoms with Gasteiger partial charge in [-0.05, 0) is 18.7 Å². The van der Waals surface area contributed by atoms with Gasteiger partial charge >= 0.3 is 0 Å². The Balaban J connectivity index is 3.10. The first-order chi connectivity index (χ1) is 5.77. The highest BCUT2D eigenvalue weighted by molar-refractivity contribution is 5.58. The summed E-state index contributed by atoms with van der Waals surface area (Å²) in [4.78, 5) is 0. The average molecular weight is 163 g/mol. The summed E-state index contributed by atoms with van der Waals surface area (Å²) in [6.07, 6.45) is 0. The smallest absolute Gasteiger partial charge is 0.169 e. The Labute approximate surface area is 70.8 Å². The third-order valence-corrected chi connectivity index (χ3v) is 1.42. The summed E-state index contributed by atoms with van der Waals surface area (Å²) in [5.41, 5.74) is 2.91. The minimum absolute atomic E-state index is 0.322. The highest BCUT2D eigenvalue weighted by Crippen LogP contribution is 2.13. The molecule has 0 heterocycles. The molecule has 0 saturated heterocycles. The third kappa shape index (κ3) is 1.74. The molecule has 0 aliphatic carbocycles. The van der Waals surface area contributed by atoms with Gasteiger partial charge in [0.2, 0.25) is 0 Å². The van der Waals surface area contributed by atoms with Crippen molar-refractivity contribution in [2.75, 3.05) is 7.11 Å². The van der Waals surface area contributed by atoms with E-state index in [1.165, 1.54) is 19.2 Å². The van der Waals surface area contributed by atoms with Gasteiger partial charge in [-0.25, -0.2) is 4.39 Å². The zero-order valence-corrected chi connectivity index (χ0v) is 6.67. The number of ether oxygens (including phenoxy) is 1. The number of methoxy groups -OCH3 is 1. The molecule has 0 fully saturated rings. The fourth-order valence-electron chi connectivity index (χ4n) is 0.890. The molecule has 0 bridgehead atoms. The second-order valence-corrected chi connectivity index (χ2v) is 2.19. The summed E-state index contributed by atoms with van der Waals surface area (Å²) in [6, 6.07) is 5.97. The van der Waals surface area contributed by atoms with Crippen LogP contribution in [0.4, 0.5) is 4.39 Å². The van der Waals surface area contributed by atoms with Gasteiger partial charge in [0.05, 0.1) is 7.11 Å². The van der Waals surface area contributed by atoms with Gasteiger partial charge in [0.25, 0.3) is 0 Å². The van der Waals surface area contributed by atoms with E-state index in [0.29, 0.717) is 11.3 Å². The van der Waals surface area contributed by atoms with Crippen LogP contribution in [0.1, 0.15) is 5.56 Å². The Morgan fingerprint density at radius 2 is 2.33 bits per heavy atom. The molecule has 0 aromatic heterocycles. The van der Waals surface area contributed by atoms with Crippen LogP contribution in [-0.2, 0) is 4.74 Å². The van der Waals surface area contributed by atoms with Gasteiger partial charge in [0.15, 0.2) is 5.76 Å². The molecule has 2 heteroatoms. The van der Waals surface area contributed by atoms with E-state index in [1.54, 1.807) is 12.1 Å². The molecule has 0 amide bonds. The zero-order chi connectivity index (χ0) is 8.97. The van der Waals surface area contributed by atoms with Crippen LogP contribution in [0.3, 0.4) is 0 Å². The van der Waals surface area contributed by atoms with E-state index in [0.717, 1.165) is 0 Å². The Morgan fingerprint density at radius 1 is 1.58 bits per heavy atom. The monoisotopic (exact) mass is 163 g/mol. The Hall–Kier alpha value is -1.53. The van der Waals surface area contributed by atoms with Crippen molar-refractivity contribution in [3.05, 3.63) is 48.0 Å². The SMILES string of the molecule is [CH]=C=C(OC)c1cccc(F)c1. The van der Waals surface area contributed by atoms with Crippen molar-refractivity contribution in [3.63, 3.8) is 0 Å². The molecule has 61 valence electrons. The first-order valence-electron chi connectivity index (χ1n) is 3.41. The number of hydrogen-bond donors (Lipinski definition) is 0. The van der Waals surface area contributed by atoms with Gasteiger partial charge in [0, 0.05) is 5.56 Å². The zero-order valence-electron chi connectivity index (χ0n) is 6.67. The quantitative estimate of drug-likeness (QED) is 0.480. The van der Waals surface area contributed by atoms with E-state index in [-0.39, 0.29) is 5.82 Å². The molecular formula is C10H8FO. The Bertz CT molecular complexity index is 324. The maximum atomic E-state index is 12.7. The van der Waals surface area contributed by atoms with Crippen LogP contribution in [0.15, 0.2) is 30.0 Å². The molecule has 1 rings (SSSR count). The highest BCUT2D eigenvalue weighted by Gasteiger charge is 1.99. The van der Waals surface area contributed by atoms with Crippen molar-refractivity contribution >= 4 is 5.76 Å². The summed E-state index contributed by atoms with van der Waals surface area (Å²) in [5.74, 6) is 0.0202. The van der Waals surface area contributed by atoms with Crippen molar-refractivity contribution in [2.45, 2.75) is 0 Å². The lowest BCUT2D eigenvalue weighted by Crippen LogP contribution is -1.86. The first-order valence-corrected chi connectivity index (χ1v) is 3.41. The molecule has 0 unspecified atom stereocenters. The Kier molecular flexibility index (Phi) is 2.67. The standard InChI is InChI=1S/C10H8FO/c1-3-10(12-2)8-5-4-6-9(11)7-8/h1,4-7H,2H3. The topological polar surface area (TPSA) is 9.23 Å². The predicted octanol–water partition coefficient (Wildman–Crippen LogP) is 2.40. The number of benzene rings is 1. The molecule has 0 spiro atoms. The van der Waals surface area contributed by atoms with Gasteiger partial charge in [-0.15, -0.1) is 0 Å². The number of hydrogen-bond acceptors (Lipinski definition) is 1. The van der Waals surface area contributed by atoms with Crippen molar-refractivity contribution in [2.24, 2.45) is 0 Å². The van der Waals surface area contributed by atoms with Gasteiger partial charge in [0.1, 0.15) is 5.82 Å². The average Bonchev–Trinajstić information content (AvgIpc) is 2.07. The van der Waals surface area contributed by atoms with E-state index >= 15 is 0 Å². The van der Waals surface area contributed by atoms with Crippen molar-refractivity contribution in [3.8, 4) is 0 Å². The summed E-state index contributed by atoms with van der Waals surface area (Å²) in [6.45, 7) is 5.13. The van der Waals surface area contributed by atoms with E-state index in [9.17, 15) is 4.39 Å². The van der Waals surface area contributed by atoms with Crippen molar-refractivity contribution < 1.29 is 9.13 Å². The molecule has 0 aliphatic heterocycles. The van der Waals surface area contributed by atoms with Crippen LogP contribution >= 0.6 is 0 Å². The molecule has 0 atom stereocenters. The van der Waals surface area contributed by atoms with E-state index in [1.807, 2.05) is 0 Å². The molecule has 0 aliphatic rings. The maximum Gasteiger partial charge on any atom is 0.169 e. The fourth-order valence-corrected chi connectivity index (χ4v) is 0.890. The van der Waals surface area contributed by atoms with E-state index < -0.39 is 0 Å². The molecule has 0 saturated carbocycles. The van der Waals surface area contributed by atoms with Crippen LogP contribution in [0.5, 0.6) is 0 Å². The molecular weight excluding hydrogens is 155 g/mol. The fraction of sp³-hybridized carbons (Fsp3) is 0.100. The van der Waals surface area contributed by atoms with Gasteiger partial charge in [-0.3, -0.25) is 0 Å². The first kappa shape index (κ1) is 8.57. The summed E-state index contributed by atoms with van der Waals surface area (Å²) in [7, 11) is 1.46. The molecule has 1 aromatic carbocycles. The lowest BCUT2D eigenvalue weighted by atomic mass is 10.2. The van der Waals surface area contributed by atoms with Crippen LogP contribution in [0, 0.1) is 12.4 Å². The van der Waals surface area contributed by atoms with Crippen molar-refractivity contribution in [1.29, 1.82) is 0 Å². The van der Waals surface area contributed by atoms with Crippen LogP contribution < -0.4 is 0 Å². The van der Waals surface area contributed by atoms with E-state index in [4.69, 9.17) is 11.3 Å². The summed E-state index contributed by atoms with van der Waals surface area (Å²) in [5, 5.41) is 0. The lowest BCUT2D eigenvalue weighted by molar-refractivity contribution is 0.370. The predicted molar refractivity (Wildman–Crippen MR) is 44.6 cm³/mol. The summed E-state index contributed by atoms with van der Waals surface area (Å²) < 4.78 is 17.5. The minimum Gasteiger partial charge on any atom is -0.489 e. The molecule has 1 aromatic rings. The second kappa shape index (κ2) is 3.74. The third-order valence-electron chi connectivity index (χ3n) is 1.42. The van der Waals surface area contributed by atoms with Gasteiger partial charge < -0.3 is 4.74 Å². The second-order valence-electron chi connectivity index (χ2n) is 2.19. The van der Waals surface area contributed by atoms with E-state index in [2.05, 4.69) is 5.73 Å². The highest BCUT2D eigenvalue weighted by atomic mass is 19.1. The largest absolute Gasteiger partial charge is 0.489 e. The number of rotatable bonds is 2. The maximum absolute atomic E-state index is 12.7. The van der Waals surface area contributed by atoms with Gasteiger partial charge in [-0.2, -0.15) is 0 Å². The lowest BCUT2D eigenvalue weighted by Gasteiger charge is -2.01. The van der Waals surface area contributed by atoms with Crippen LogP contribution in [0.2, 0.25) is 0 Å². The van der Waals surface area contributed by atoms with Gasteiger partial charge in [-0.1, -0.05) is 17.9 Å². The summed E-state index contributed by atoms with van der Waals surface area (Å²) >= 11 is 0. The van der Waals surface area contributed by atoms with Crippen LogP contribution in [0.25, 0.3) is 5.76 Å².